The van der Waals surface area contributed by atoms with Gasteiger partial charge in [0.2, 0.25) is 0 Å². The number of nitrogens with one attached hydrogen (secondary N) is 1. The van der Waals surface area contributed by atoms with Crippen LogP contribution in [-0.4, -0.2) is 18.4 Å². The Labute approximate surface area is 148 Å². The molecule has 2 aromatic carbocycles. The molecule has 128 valence electrons. The van der Waals surface area contributed by atoms with Crippen LogP contribution in [-0.2, 0) is 9.59 Å². The van der Waals surface area contributed by atoms with Gasteiger partial charge in [0.25, 0.3) is 11.8 Å². The van der Waals surface area contributed by atoms with Crippen molar-refractivity contribution in [2.75, 3.05) is 16.8 Å². The van der Waals surface area contributed by atoms with Crippen LogP contribution in [0.15, 0.2) is 59.3 Å². The quantitative estimate of drug-likeness (QED) is 0.827. The van der Waals surface area contributed by atoms with Gasteiger partial charge in [-0.2, -0.15) is 0 Å². The zero-order valence-corrected chi connectivity index (χ0v) is 14.0. The van der Waals surface area contributed by atoms with E-state index >= 15 is 0 Å². The molecule has 0 radical (unpaired) electrons. The van der Waals surface area contributed by atoms with Gasteiger partial charge in [0.15, 0.2) is 0 Å². The maximum absolute atomic E-state index is 13.1. The summed E-state index contributed by atoms with van der Waals surface area (Å²) in [6.07, 6.45) is 0. The monoisotopic (exact) mass is 360 g/mol. The van der Waals surface area contributed by atoms with E-state index in [1.165, 1.54) is 24.3 Å². The highest BCUT2D eigenvalue weighted by Gasteiger charge is 2.39. The van der Waals surface area contributed by atoms with Crippen LogP contribution < -0.4 is 15.0 Å². The third-order valence-corrected chi connectivity index (χ3v) is 3.91. The first-order chi connectivity index (χ1) is 12.0. The van der Waals surface area contributed by atoms with Gasteiger partial charge in [-0.1, -0.05) is 23.7 Å². The summed E-state index contributed by atoms with van der Waals surface area (Å²) in [6, 6.07) is 12.0. The second kappa shape index (κ2) is 6.94. The summed E-state index contributed by atoms with van der Waals surface area (Å²) in [7, 11) is 0. The number of benzene rings is 2. The first-order valence-electron chi connectivity index (χ1n) is 7.56. The van der Waals surface area contributed by atoms with Crippen LogP contribution >= 0.6 is 11.6 Å². The second-order valence-electron chi connectivity index (χ2n) is 5.17. The lowest BCUT2D eigenvalue weighted by atomic mass is 10.2. The number of carbonyl (C=O) groups excluding carboxylic acids is 2. The summed E-state index contributed by atoms with van der Waals surface area (Å²) in [5.74, 6) is -1.23. The number of hydrogen-bond acceptors (Lipinski definition) is 4. The molecule has 0 aromatic heterocycles. The Kier molecular flexibility index (Phi) is 4.72. The summed E-state index contributed by atoms with van der Waals surface area (Å²) in [6.45, 7) is 2.28. The Bertz CT molecular complexity index is 865. The van der Waals surface area contributed by atoms with E-state index in [4.69, 9.17) is 16.3 Å². The summed E-state index contributed by atoms with van der Waals surface area (Å²) < 4.78 is 18.6. The number of para-hydroxylation sites is 2. The van der Waals surface area contributed by atoms with Crippen molar-refractivity contribution in [1.29, 1.82) is 0 Å². The molecular formula is C18H14ClFN2O3. The van der Waals surface area contributed by atoms with Crippen LogP contribution in [0.3, 0.4) is 0 Å². The molecule has 1 N–H and O–H groups in total. The van der Waals surface area contributed by atoms with E-state index < -0.39 is 17.6 Å². The molecule has 3 rings (SSSR count). The Morgan fingerprint density at radius 3 is 2.44 bits per heavy atom. The molecule has 0 saturated heterocycles. The standard InChI is InChI=1S/C18H14ClFN2O3/c1-2-25-14-6-4-3-5-13(14)21-16-15(19)17(23)22(18(16)24)12-9-7-11(20)8-10-12/h3-10,21H,2H2,1H3. The lowest BCUT2D eigenvalue weighted by Gasteiger charge is -2.16. The van der Waals surface area contributed by atoms with Crippen molar-refractivity contribution < 1.29 is 18.7 Å². The molecule has 0 bridgehead atoms. The number of carbonyl (C=O) groups is 2. The van der Waals surface area contributed by atoms with E-state index in [1.54, 1.807) is 24.3 Å². The summed E-state index contributed by atoms with van der Waals surface area (Å²) in [5.41, 5.74) is 0.701. The predicted molar refractivity (Wildman–Crippen MR) is 93.0 cm³/mol. The van der Waals surface area contributed by atoms with E-state index in [2.05, 4.69) is 5.32 Å². The number of hydrogen-bond donors (Lipinski definition) is 1. The number of halogens is 2. The van der Waals surface area contributed by atoms with Gasteiger partial charge in [-0.3, -0.25) is 9.59 Å². The number of nitrogens with zero attached hydrogens (tertiary/aromatic N) is 1. The number of ether oxygens (including phenoxy) is 1. The third-order valence-electron chi connectivity index (χ3n) is 3.56. The fraction of sp³-hybridized carbons (Fsp3) is 0.111. The average Bonchev–Trinajstić information content (AvgIpc) is 2.81. The van der Waals surface area contributed by atoms with Crippen LogP contribution in [0.2, 0.25) is 0 Å². The minimum Gasteiger partial charge on any atom is -0.492 e. The fourth-order valence-corrected chi connectivity index (χ4v) is 2.63. The SMILES string of the molecule is CCOc1ccccc1NC1=C(Cl)C(=O)N(c2ccc(F)cc2)C1=O. The predicted octanol–water partition coefficient (Wildman–Crippen LogP) is 3.66. The highest BCUT2D eigenvalue weighted by molar-refractivity contribution is 6.53. The van der Waals surface area contributed by atoms with Crippen molar-refractivity contribution in [3.05, 3.63) is 65.1 Å². The fourth-order valence-electron chi connectivity index (χ4n) is 2.42. The van der Waals surface area contributed by atoms with Crippen LogP contribution in [0, 0.1) is 5.82 Å². The van der Waals surface area contributed by atoms with Crippen molar-refractivity contribution >= 4 is 34.8 Å². The molecule has 2 amide bonds. The first-order valence-corrected chi connectivity index (χ1v) is 7.93. The van der Waals surface area contributed by atoms with Crippen molar-refractivity contribution in [2.45, 2.75) is 6.92 Å². The van der Waals surface area contributed by atoms with Crippen molar-refractivity contribution in [2.24, 2.45) is 0 Å². The maximum atomic E-state index is 13.1. The Hall–Kier alpha value is -2.86. The molecule has 1 aliphatic rings. The molecule has 5 nitrogen and oxygen atoms in total. The molecule has 0 atom stereocenters. The minimum absolute atomic E-state index is 0.0526. The molecule has 0 spiro atoms. The van der Waals surface area contributed by atoms with Gasteiger partial charge in [-0.05, 0) is 43.3 Å². The summed E-state index contributed by atoms with van der Waals surface area (Å²) >= 11 is 6.07. The van der Waals surface area contributed by atoms with Crippen molar-refractivity contribution in [3.63, 3.8) is 0 Å². The molecular weight excluding hydrogens is 347 g/mol. The van der Waals surface area contributed by atoms with Crippen LogP contribution in [0.4, 0.5) is 15.8 Å². The van der Waals surface area contributed by atoms with Gasteiger partial charge >= 0.3 is 0 Å². The number of amides is 2. The highest BCUT2D eigenvalue weighted by Crippen LogP contribution is 2.32. The van der Waals surface area contributed by atoms with E-state index in [1.807, 2.05) is 6.92 Å². The second-order valence-corrected chi connectivity index (χ2v) is 5.54. The molecule has 0 aliphatic carbocycles. The molecule has 25 heavy (non-hydrogen) atoms. The van der Waals surface area contributed by atoms with Gasteiger partial charge in [-0.15, -0.1) is 0 Å². The van der Waals surface area contributed by atoms with Gasteiger partial charge < -0.3 is 10.1 Å². The van der Waals surface area contributed by atoms with Gasteiger partial charge in [0.05, 0.1) is 18.0 Å². The largest absolute Gasteiger partial charge is 0.492 e. The Balaban J connectivity index is 1.91. The molecule has 0 fully saturated rings. The molecule has 0 unspecified atom stereocenters. The molecule has 0 saturated carbocycles. The normalized spacial score (nSPS) is 14.3. The highest BCUT2D eigenvalue weighted by atomic mass is 35.5. The lowest BCUT2D eigenvalue weighted by molar-refractivity contribution is -0.120. The van der Waals surface area contributed by atoms with E-state index in [9.17, 15) is 14.0 Å². The molecule has 7 heteroatoms. The van der Waals surface area contributed by atoms with Crippen LogP contribution in [0.1, 0.15) is 6.92 Å². The number of imide groups is 1. The Morgan fingerprint density at radius 1 is 1.08 bits per heavy atom. The number of anilines is 2. The van der Waals surface area contributed by atoms with Gasteiger partial charge in [0.1, 0.15) is 22.3 Å². The number of rotatable bonds is 5. The third kappa shape index (κ3) is 3.21. The smallest absolute Gasteiger partial charge is 0.283 e. The van der Waals surface area contributed by atoms with E-state index in [0.717, 1.165) is 4.90 Å². The topological polar surface area (TPSA) is 58.6 Å². The molecule has 1 heterocycles. The van der Waals surface area contributed by atoms with Crippen molar-refractivity contribution in [3.8, 4) is 5.75 Å². The average molecular weight is 361 g/mol. The van der Waals surface area contributed by atoms with Gasteiger partial charge in [-0.25, -0.2) is 9.29 Å². The van der Waals surface area contributed by atoms with Crippen LogP contribution in [0.25, 0.3) is 0 Å². The summed E-state index contributed by atoms with van der Waals surface area (Å²) in [4.78, 5) is 25.9. The minimum atomic E-state index is -0.672. The van der Waals surface area contributed by atoms with E-state index in [-0.39, 0.29) is 16.4 Å². The van der Waals surface area contributed by atoms with E-state index in [0.29, 0.717) is 18.0 Å². The molecule has 2 aromatic rings. The zero-order chi connectivity index (χ0) is 18.0. The summed E-state index contributed by atoms with van der Waals surface area (Å²) in [5, 5.41) is 2.64. The van der Waals surface area contributed by atoms with Crippen LogP contribution in [0.5, 0.6) is 5.75 Å². The molecule has 1 aliphatic heterocycles. The van der Waals surface area contributed by atoms with Gasteiger partial charge in [0, 0.05) is 0 Å². The first kappa shape index (κ1) is 17.0. The zero-order valence-electron chi connectivity index (χ0n) is 13.3. The van der Waals surface area contributed by atoms with Crippen molar-refractivity contribution in [1.82, 2.24) is 0 Å². The lowest BCUT2D eigenvalue weighted by Crippen LogP contribution is -2.32. The Morgan fingerprint density at radius 2 is 1.76 bits per heavy atom. The maximum Gasteiger partial charge on any atom is 0.283 e.